The minimum Gasteiger partial charge on any atom is -0.419 e. The minimum absolute atomic E-state index is 0.475. The first kappa shape index (κ1) is 17.8. The topological polar surface area (TPSA) is 36.9 Å². The normalized spacial score (nSPS) is 27.5. The molecular formula is C11H30O4Si4. The van der Waals surface area contributed by atoms with Gasteiger partial charge < -0.3 is 17.1 Å². The van der Waals surface area contributed by atoms with Crippen molar-refractivity contribution in [1.29, 1.82) is 0 Å². The molecule has 0 aromatic heterocycles. The van der Waals surface area contributed by atoms with E-state index in [1.165, 1.54) is 0 Å². The third-order valence-corrected chi connectivity index (χ3v) is 12.1. The van der Waals surface area contributed by atoms with E-state index in [9.17, 15) is 0 Å². The molecule has 0 aliphatic carbocycles. The molecule has 0 bridgehead atoms. The third kappa shape index (κ3) is 5.92. The van der Waals surface area contributed by atoms with Crippen LogP contribution in [0.3, 0.4) is 0 Å². The zero-order chi connectivity index (χ0) is 14.7. The van der Waals surface area contributed by atoms with Crippen molar-refractivity contribution in [1.82, 2.24) is 0 Å². The first-order valence-corrected chi connectivity index (χ1v) is 17.7. The second kappa shape index (κ2) is 7.12. The summed E-state index contributed by atoms with van der Waals surface area (Å²) in [5.41, 5.74) is 0. The van der Waals surface area contributed by atoms with Crippen LogP contribution in [0.15, 0.2) is 0 Å². The van der Waals surface area contributed by atoms with Gasteiger partial charge in [0.1, 0.15) is 5.79 Å². The van der Waals surface area contributed by atoms with E-state index in [0.717, 1.165) is 18.9 Å². The van der Waals surface area contributed by atoms with Crippen molar-refractivity contribution in [2.24, 2.45) is 0 Å². The van der Waals surface area contributed by atoms with Crippen molar-refractivity contribution >= 4 is 35.9 Å². The smallest absolute Gasteiger partial charge is 0.419 e. The zero-order valence-corrected chi connectivity index (χ0v) is 18.0. The van der Waals surface area contributed by atoms with Crippen LogP contribution >= 0.6 is 0 Å². The molecule has 1 unspecified atom stereocenters. The molecule has 0 spiro atoms. The van der Waals surface area contributed by atoms with Crippen molar-refractivity contribution in [2.75, 3.05) is 0 Å². The molecule has 0 amide bonds. The Morgan fingerprint density at radius 1 is 0.947 bits per heavy atom. The van der Waals surface area contributed by atoms with Gasteiger partial charge in [-0.3, -0.25) is 0 Å². The maximum Gasteiger partial charge on any atom is 0.481 e. The van der Waals surface area contributed by atoms with Gasteiger partial charge in [0.25, 0.3) is 0 Å². The van der Waals surface area contributed by atoms with E-state index in [1.54, 1.807) is 0 Å². The van der Waals surface area contributed by atoms with Crippen LogP contribution < -0.4 is 0 Å². The molecule has 1 rings (SSSR count). The zero-order valence-electron chi connectivity index (χ0n) is 13.5. The molecule has 0 aromatic carbocycles. The molecule has 1 atom stereocenters. The second-order valence-corrected chi connectivity index (χ2v) is 16.8. The van der Waals surface area contributed by atoms with Crippen molar-refractivity contribution in [3.8, 4) is 0 Å². The molecule has 0 N–H and O–H groups in total. The lowest BCUT2D eigenvalue weighted by atomic mass is 10.2. The Kier molecular flexibility index (Phi) is 6.65. The number of rotatable bonds is 6. The molecule has 114 valence electrons. The van der Waals surface area contributed by atoms with Gasteiger partial charge in [0.05, 0.1) is 0 Å². The molecule has 1 heterocycles. The van der Waals surface area contributed by atoms with Gasteiger partial charge in [-0.05, 0) is 59.0 Å². The van der Waals surface area contributed by atoms with Gasteiger partial charge >= 0.3 is 8.80 Å². The second-order valence-electron chi connectivity index (χ2n) is 6.27. The molecule has 1 aliphatic heterocycles. The fraction of sp³-hybridized carbons (Fsp3) is 1.00. The molecule has 8 heteroatoms. The van der Waals surface area contributed by atoms with Crippen molar-refractivity contribution in [3.05, 3.63) is 0 Å². The lowest BCUT2D eigenvalue weighted by Crippen LogP contribution is -2.59. The van der Waals surface area contributed by atoms with Crippen LogP contribution in [-0.4, -0.2) is 41.7 Å². The molecule has 1 saturated heterocycles. The maximum atomic E-state index is 6.37. The van der Waals surface area contributed by atoms with Gasteiger partial charge in [0.2, 0.25) is 0 Å². The highest BCUT2D eigenvalue weighted by Crippen LogP contribution is 2.36. The summed E-state index contributed by atoms with van der Waals surface area (Å²) in [5, 5.41) is 0. The summed E-state index contributed by atoms with van der Waals surface area (Å²) in [4.78, 5) is 0. The Hall–Kier alpha value is 0.708. The maximum absolute atomic E-state index is 6.37. The fourth-order valence-corrected chi connectivity index (χ4v) is 13.1. The van der Waals surface area contributed by atoms with E-state index in [0.29, 0.717) is 0 Å². The highest BCUT2D eigenvalue weighted by atomic mass is 28.5. The first-order chi connectivity index (χ1) is 8.66. The van der Waals surface area contributed by atoms with Crippen molar-refractivity contribution in [3.63, 3.8) is 0 Å². The lowest BCUT2D eigenvalue weighted by Gasteiger charge is -2.45. The average Bonchev–Trinajstić information content (AvgIpc) is 2.10. The predicted octanol–water partition coefficient (Wildman–Crippen LogP) is 2.45. The van der Waals surface area contributed by atoms with E-state index in [4.69, 9.17) is 17.1 Å². The Labute approximate surface area is 124 Å². The van der Waals surface area contributed by atoms with Crippen LogP contribution in [-0.2, 0) is 17.1 Å². The van der Waals surface area contributed by atoms with E-state index in [1.807, 2.05) is 0 Å². The van der Waals surface area contributed by atoms with Crippen LogP contribution in [0.5, 0.6) is 0 Å². The lowest BCUT2D eigenvalue weighted by molar-refractivity contribution is -0.147. The molecule has 0 aromatic rings. The van der Waals surface area contributed by atoms with E-state index in [2.05, 4.69) is 46.2 Å². The van der Waals surface area contributed by atoms with E-state index in [-0.39, 0.29) is 0 Å². The van der Waals surface area contributed by atoms with Gasteiger partial charge in [-0.2, -0.15) is 0 Å². The standard InChI is InChI=1S/C11H30O4Si4/c1-11(12-16(2)3)9-8-10-19(13-11,14-17(4)5)15-18(6)7/h16-18H,8-10H2,1-7H3. The summed E-state index contributed by atoms with van der Waals surface area (Å²) in [6.45, 7) is 15.2. The number of hydrogen-bond donors (Lipinski definition) is 0. The molecule has 0 radical (unpaired) electrons. The summed E-state index contributed by atoms with van der Waals surface area (Å²) >= 11 is 0. The van der Waals surface area contributed by atoms with E-state index < -0.39 is 41.7 Å². The molecule has 4 nitrogen and oxygen atoms in total. The average molecular weight is 339 g/mol. The largest absolute Gasteiger partial charge is 0.481 e. The summed E-state index contributed by atoms with van der Waals surface area (Å²) in [6, 6.07) is 0.960. The molecule has 1 aliphatic rings. The van der Waals surface area contributed by atoms with Crippen LogP contribution in [0.2, 0.25) is 45.3 Å². The Morgan fingerprint density at radius 2 is 1.47 bits per heavy atom. The summed E-state index contributed by atoms with van der Waals surface area (Å²) in [7, 11) is -5.97. The predicted molar refractivity (Wildman–Crippen MR) is 89.2 cm³/mol. The van der Waals surface area contributed by atoms with E-state index >= 15 is 0 Å². The summed E-state index contributed by atoms with van der Waals surface area (Å²) in [5.74, 6) is -0.475. The summed E-state index contributed by atoms with van der Waals surface area (Å²) < 4.78 is 25.0. The van der Waals surface area contributed by atoms with Gasteiger partial charge in [-0.1, -0.05) is 0 Å². The van der Waals surface area contributed by atoms with Crippen LogP contribution in [0, 0.1) is 0 Å². The first-order valence-electron chi connectivity index (χ1n) is 7.40. The molecule has 19 heavy (non-hydrogen) atoms. The fourth-order valence-electron chi connectivity index (χ4n) is 2.55. The quantitative estimate of drug-likeness (QED) is 0.697. The highest BCUT2D eigenvalue weighted by Gasteiger charge is 2.51. The molecule has 0 saturated carbocycles. The Balaban J connectivity index is 2.84. The molecular weight excluding hydrogens is 308 g/mol. The molecule has 1 fully saturated rings. The van der Waals surface area contributed by atoms with Gasteiger partial charge in [-0.15, -0.1) is 0 Å². The summed E-state index contributed by atoms with van der Waals surface area (Å²) in [6.07, 6.45) is 2.05. The third-order valence-electron chi connectivity index (χ3n) is 2.80. The van der Waals surface area contributed by atoms with Gasteiger partial charge in [0, 0.05) is 6.04 Å². The number of hydrogen-bond acceptors (Lipinski definition) is 4. The van der Waals surface area contributed by atoms with Gasteiger partial charge in [-0.25, -0.2) is 0 Å². The SMILES string of the molecule is C[SiH](C)OC1(C)CCC[Si](O[SiH](C)C)(O[SiH](C)C)O1. The highest BCUT2D eigenvalue weighted by molar-refractivity contribution is 6.75. The minimum atomic E-state index is -2.49. The Bertz CT molecular complexity index is 278. The van der Waals surface area contributed by atoms with Crippen LogP contribution in [0.1, 0.15) is 19.8 Å². The monoisotopic (exact) mass is 338 g/mol. The Morgan fingerprint density at radius 3 is 1.89 bits per heavy atom. The van der Waals surface area contributed by atoms with Crippen LogP contribution in [0.4, 0.5) is 0 Å². The van der Waals surface area contributed by atoms with Crippen LogP contribution in [0.25, 0.3) is 0 Å². The van der Waals surface area contributed by atoms with Crippen molar-refractivity contribution < 1.29 is 17.1 Å². The van der Waals surface area contributed by atoms with Gasteiger partial charge in [0.15, 0.2) is 27.1 Å². The van der Waals surface area contributed by atoms with Crippen molar-refractivity contribution in [2.45, 2.75) is 70.9 Å².